The van der Waals surface area contributed by atoms with E-state index < -0.39 is 8.32 Å². The van der Waals surface area contributed by atoms with Crippen molar-refractivity contribution >= 4 is 46.8 Å². The highest BCUT2D eigenvalue weighted by molar-refractivity contribution is 14.1. The van der Waals surface area contributed by atoms with Crippen molar-refractivity contribution in [1.29, 1.82) is 0 Å². The van der Waals surface area contributed by atoms with Crippen LogP contribution in [-0.4, -0.2) is 31.3 Å². The van der Waals surface area contributed by atoms with Gasteiger partial charge in [-0.25, -0.2) is 0 Å². The van der Waals surface area contributed by atoms with Gasteiger partial charge < -0.3 is 9.16 Å². The van der Waals surface area contributed by atoms with Gasteiger partial charge in [0, 0.05) is 5.33 Å². The first kappa shape index (κ1) is 20.4. The number of hydrogen-bond acceptors (Lipinski definition) is 3. The molecule has 1 rings (SSSR count). The number of alkyl halides is 1. The van der Waals surface area contributed by atoms with E-state index >= 15 is 0 Å². The molecule has 0 aliphatic rings. The van der Waals surface area contributed by atoms with Gasteiger partial charge in [0.15, 0.2) is 8.32 Å². The predicted molar refractivity (Wildman–Crippen MR) is 107 cm³/mol. The van der Waals surface area contributed by atoms with E-state index in [-0.39, 0.29) is 11.1 Å². The summed E-state index contributed by atoms with van der Waals surface area (Å²) in [6.45, 7) is 16.8. The van der Waals surface area contributed by atoms with Crippen molar-refractivity contribution in [3.63, 3.8) is 0 Å². The van der Waals surface area contributed by atoms with Crippen molar-refractivity contribution in [3.05, 3.63) is 9.26 Å². The minimum absolute atomic E-state index is 0.185. The molecule has 0 aliphatic heterocycles. The summed E-state index contributed by atoms with van der Waals surface area (Å²) in [6, 6.07) is 0.185. The van der Waals surface area contributed by atoms with E-state index in [0.29, 0.717) is 13.2 Å². The fourth-order valence-electron chi connectivity index (χ4n) is 1.76. The Labute approximate surface area is 157 Å². The van der Waals surface area contributed by atoms with E-state index in [0.717, 1.165) is 20.5 Å². The molecule has 22 heavy (non-hydrogen) atoms. The van der Waals surface area contributed by atoms with Crippen LogP contribution in [0.4, 0.5) is 0 Å². The zero-order valence-corrected chi connectivity index (χ0v) is 19.4. The molecule has 0 aromatic carbocycles. The van der Waals surface area contributed by atoms with E-state index in [2.05, 4.69) is 84.4 Å². The molecule has 7 heteroatoms. The third-order valence-electron chi connectivity index (χ3n) is 4.23. The van der Waals surface area contributed by atoms with Gasteiger partial charge in [0.2, 0.25) is 5.88 Å². The van der Waals surface area contributed by atoms with E-state index in [4.69, 9.17) is 9.16 Å². The van der Waals surface area contributed by atoms with Crippen LogP contribution >= 0.6 is 38.5 Å². The zero-order chi connectivity index (χ0) is 17.1. The average Bonchev–Trinajstić information content (AvgIpc) is 2.72. The predicted octanol–water partition coefficient (Wildman–Crippen LogP) is 5.36. The van der Waals surface area contributed by atoms with E-state index in [9.17, 15) is 0 Å². The van der Waals surface area contributed by atoms with Crippen molar-refractivity contribution in [3.8, 4) is 5.88 Å². The lowest BCUT2D eigenvalue weighted by Gasteiger charge is -2.37. The molecule has 0 aliphatic carbocycles. The molecular weight excluding hydrogens is 475 g/mol. The SMILES string of the molecule is CCOc1nn([C@H](C)CO[Si](C)(C)C(C)(C)C)c(CBr)c1I. The zero-order valence-electron chi connectivity index (χ0n) is 14.7. The highest BCUT2D eigenvalue weighted by atomic mass is 127. The highest BCUT2D eigenvalue weighted by Crippen LogP contribution is 2.37. The number of rotatable bonds is 7. The van der Waals surface area contributed by atoms with E-state index in [1.165, 1.54) is 0 Å². The molecular formula is C15H28BrIN2O2Si. The molecule has 0 saturated heterocycles. The Kier molecular flexibility index (Phi) is 7.42. The Morgan fingerprint density at radius 2 is 1.95 bits per heavy atom. The normalized spacial score (nSPS) is 14.2. The summed E-state index contributed by atoms with van der Waals surface area (Å²) in [7, 11) is -1.74. The first-order valence-electron chi connectivity index (χ1n) is 7.64. The van der Waals surface area contributed by atoms with Gasteiger partial charge in [-0.3, -0.25) is 4.68 Å². The van der Waals surface area contributed by atoms with Gasteiger partial charge in [-0.1, -0.05) is 36.7 Å². The summed E-state index contributed by atoms with van der Waals surface area (Å²) in [5.74, 6) is 0.719. The van der Waals surface area contributed by atoms with Crippen LogP contribution in [0, 0.1) is 3.57 Å². The van der Waals surface area contributed by atoms with Crippen molar-refractivity contribution in [2.24, 2.45) is 0 Å². The number of nitrogens with zero attached hydrogens (tertiary/aromatic N) is 2. The van der Waals surface area contributed by atoms with Crippen molar-refractivity contribution < 1.29 is 9.16 Å². The molecule has 1 heterocycles. The van der Waals surface area contributed by atoms with Crippen molar-refractivity contribution in [1.82, 2.24) is 9.78 Å². The number of ether oxygens (including phenoxy) is 1. The van der Waals surface area contributed by atoms with Crippen LogP contribution in [0.2, 0.25) is 18.1 Å². The smallest absolute Gasteiger partial charge is 0.246 e. The highest BCUT2D eigenvalue weighted by Gasteiger charge is 2.37. The van der Waals surface area contributed by atoms with Crippen LogP contribution in [0.15, 0.2) is 0 Å². The summed E-state index contributed by atoms with van der Waals surface area (Å²) in [4.78, 5) is 0. The maximum atomic E-state index is 6.34. The monoisotopic (exact) mass is 502 g/mol. The number of hydrogen-bond donors (Lipinski definition) is 0. The lowest BCUT2D eigenvalue weighted by Crippen LogP contribution is -2.42. The first-order valence-corrected chi connectivity index (χ1v) is 12.8. The summed E-state index contributed by atoms with van der Waals surface area (Å²) < 4.78 is 15.1. The van der Waals surface area contributed by atoms with Crippen LogP contribution in [0.5, 0.6) is 5.88 Å². The van der Waals surface area contributed by atoms with Gasteiger partial charge in [-0.15, -0.1) is 5.10 Å². The Morgan fingerprint density at radius 3 is 2.41 bits per heavy atom. The van der Waals surface area contributed by atoms with E-state index in [1.54, 1.807) is 0 Å². The largest absolute Gasteiger partial charge is 0.476 e. The molecule has 1 atom stereocenters. The lowest BCUT2D eigenvalue weighted by molar-refractivity contribution is 0.225. The molecule has 0 amide bonds. The Morgan fingerprint density at radius 1 is 1.36 bits per heavy atom. The average molecular weight is 503 g/mol. The fraction of sp³-hybridized carbons (Fsp3) is 0.800. The quantitative estimate of drug-likeness (QED) is 0.286. The van der Waals surface area contributed by atoms with Crippen LogP contribution in [0.25, 0.3) is 0 Å². The molecule has 0 spiro atoms. The minimum Gasteiger partial charge on any atom is -0.476 e. The minimum atomic E-state index is -1.74. The third kappa shape index (κ3) is 4.70. The molecule has 128 valence electrons. The lowest BCUT2D eigenvalue weighted by atomic mass is 10.2. The standard InChI is InChI=1S/C15H28BrIN2O2Si/c1-8-20-14-13(17)12(9-16)19(18-14)11(2)10-21-22(6,7)15(3,4)5/h11H,8-10H2,1-7H3/t11-/m1/s1. The maximum Gasteiger partial charge on any atom is 0.246 e. The summed E-state index contributed by atoms with van der Waals surface area (Å²) in [5.41, 5.74) is 1.15. The summed E-state index contributed by atoms with van der Waals surface area (Å²) in [5, 5.41) is 5.61. The van der Waals surface area contributed by atoms with E-state index in [1.807, 2.05) is 11.6 Å². The number of aromatic nitrogens is 2. The molecule has 0 bridgehead atoms. The van der Waals surface area contributed by atoms with Gasteiger partial charge in [0.1, 0.15) is 0 Å². The second-order valence-electron chi connectivity index (χ2n) is 7.00. The molecule has 4 nitrogen and oxygen atoms in total. The topological polar surface area (TPSA) is 36.3 Å². The second kappa shape index (κ2) is 7.98. The van der Waals surface area contributed by atoms with Crippen LogP contribution < -0.4 is 4.74 Å². The molecule has 1 aromatic heterocycles. The van der Waals surface area contributed by atoms with Gasteiger partial charge in [0.25, 0.3) is 0 Å². The Bertz CT molecular complexity index is 500. The molecule has 0 saturated carbocycles. The van der Waals surface area contributed by atoms with Crippen molar-refractivity contribution in [2.75, 3.05) is 13.2 Å². The van der Waals surface area contributed by atoms with Gasteiger partial charge >= 0.3 is 0 Å². The second-order valence-corrected chi connectivity index (χ2v) is 13.4. The first-order chi connectivity index (χ1) is 10.0. The molecule has 0 fully saturated rings. The Balaban J connectivity index is 2.90. The fourth-order valence-corrected chi connectivity index (χ4v) is 4.61. The van der Waals surface area contributed by atoms with Crippen LogP contribution in [-0.2, 0) is 9.76 Å². The molecule has 0 N–H and O–H groups in total. The van der Waals surface area contributed by atoms with Crippen LogP contribution in [0.1, 0.15) is 46.4 Å². The van der Waals surface area contributed by atoms with Gasteiger partial charge in [-0.05, 0) is 54.6 Å². The van der Waals surface area contributed by atoms with Crippen molar-refractivity contribution in [2.45, 2.75) is 64.1 Å². The maximum absolute atomic E-state index is 6.34. The molecule has 1 aromatic rings. The third-order valence-corrected chi connectivity index (χ3v) is 10.3. The van der Waals surface area contributed by atoms with Gasteiger partial charge in [-0.2, -0.15) is 0 Å². The Hall–Kier alpha value is 0.397. The van der Waals surface area contributed by atoms with Crippen LogP contribution in [0.3, 0.4) is 0 Å². The number of halogens is 2. The molecule has 0 radical (unpaired) electrons. The molecule has 0 unspecified atom stereocenters. The summed E-state index contributed by atoms with van der Waals surface area (Å²) >= 11 is 5.87. The summed E-state index contributed by atoms with van der Waals surface area (Å²) in [6.07, 6.45) is 0. The van der Waals surface area contributed by atoms with Gasteiger partial charge in [0.05, 0.1) is 28.5 Å².